The molecule has 1 atom stereocenters. The van der Waals surface area contributed by atoms with E-state index in [1.165, 1.54) is 11.1 Å². The molecular formula is C14H22N2. The molecule has 1 rings (SSSR count). The summed E-state index contributed by atoms with van der Waals surface area (Å²) in [4.78, 5) is 4.52. The Morgan fingerprint density at radius 3 is 2.56 bits per heavy atom. The van der Waals surface area contributed by atoms with Gasteiger partial charge < -0.3 is 5.32 Å². The molecule has 0 spiro atoms. The van der Waals surface area contributed by atoms with Gasteiger partial charge in [0.2, 0.25) is 0 Å². The van der Waals surface area contributed by atoms with Crippen molar-refractivity contribution in [3.63, 3.8) is 0 Å². The fourth-order valence-corrected chi connectivity index (χ4v) is 2.12. The van der Waals surface area contributed by atoms with Crippen LogP contribution in [0.25, 0.3) is 0 Å². The summed E-state index contributed by atoms with van der Waals surface area (Å²) in [6.07, 6.45) is 0. The average Bonchev–Trinajstić information content (AvgIpc) is 2.12. The van der Waals surface area contributed by atoms with Crippen molar-refractivity contribution in [3.8, 4) is 0 Å². The normalized spacial score (nSPS) is 12.6. The molecular weight excluding hydrogens is 196 g/mol. The molecule has 1 aromatic rings. The van der Waals surface area contributed by atoms with Gasteiger partial charge in [-0.3, -0.25) is 4.98 Å². The zero-order valence-electron chi connectivity index (χ0n) is 11.0. The Morgan fingerprint density at radius 1 is 1.44 bits per heavy atom. The summed E-state index contributed by atoms with van der Waals surface area (Å²) in [6.45, 7) is 15.2. The van der Waals surface area contributed by atoms with E-state index in [0.717, 1.165) is 23.5 Å². The van der Waals surface area contributed by atoms with Crippen LogP contribution >= 0.6 is 0 Å². The second kappa shape index (κ2) is 5.26. The molecule has 1 heterocycles. The molecule has 0 fully saturated rings. The van der Waals surface area contributed by atoms with E-state index in [1.54, 1.807) is 0 Å². The SMILES string of the molecule is C=C(C)CNC(C)c1c(C)cc(C)nc1C. The van der Waals surface area contributed by atoms with Crippen LogP contribution in [0.15, 0.2) is 18.2 Å². The minimum atomic E-state index is 0.324. The van der Waals surface area contributed by atoms with Crippen molar-refractivity contribution in [2.24, 2.45) is 0 Å². The van der Waals surface area contributed by atoms with Gasteiger partial charge in [-0.1, -0.05) is 12.2 Å². The number of hydrogen-bond donors (Lipinski definition) is 1. The molecule has 0 radical (unpaired) electrons. The summed E-state index contributed by atoms with van der Waals surface area (Å²) in [7, 11) is 0. The lowest BCUT2D eigenvalue weighted by atomic mass is 10.0. The van der Waals surface area contributed by atoms with E-state index in [-0.39, 0.29) is 0 Å². The summed E-state index contributed by atoms with van der Waals surface area (Å²) in [6, 6.07) is 2.46. The fraction of sp³-hybridized carbons (Fsp3) is 0.500. The summed E-state index contributed by atoms with van der Waals surface area (Å²) in [5.74, 6) is 0. The number of pyridine rings is 1. The van der Waals surface area contributed by atoms with Crippen molar-refractivity contribution in [1.82, 2.24) is 10.3 Å². The largest absolute Gasteiger partial charge is 0.306 e. The second-order valence-corrected chi connectivity index (χ2v) is 4.64. The topological polar surface area (TPSA) is 24.9 Å². The smallest absolute Gasteiger partial charge is 0.0426 e. The first-order chi connectivity index (χ1) is 7.41. The van der Waals surface area contributed by atoms with Gasteiger partial charge in [0.15, 0.2) is 0 Å². The van der Waals surface area contributed by atoms with Crippen molar-refractivity contribution in [2.75, 3.05) is 6.54 Å². The van der Waals surface area contributed by atoms with Crippen LogP contribution in [0, 0.1) is 20.8 Å². The third-order valence-electron chi connectivity index (χ3n) is 2.73. The zero-order chi connectivity index (χ0) is 12.3. The maximum atomic E-state index is 4.52. The van der Waals surface area contributed by atoms with Gasteiger partial charge in [0.1, 0.15) is 0 Å². The van der Waals surface area contributed by atoms with Crippen molar-refractivity contribution in [3.05, 3.63) is 40.7 Å². The molecule has 1 aromatic heterocycles. The molecule has 0 aliphatic heterocycles. The number of nitrogens with zero attached hydrogens (tertiary/aromatic N) is 1. The maximum absolute atomic E-state index is 4.52. The van der Waals surface area contributed by atoms with Crippen LogP contribution in [-0.2, 0) is 0 Å². The zero-order valence-corrected chi connectivity index (χ0v) is 11.0. The highest BCUT2D eigenvalue weighted by Gasteiger charge is 2.12. The molecule has 0 saturated heterocycles. The number of aryl methyl sites for hydroxylation is 3. The third-order valence-corrected chi connectivity index (χ3v) is 2.73. The first kappa shape index (κ1) is 12.9. The molecule has 2 heteroatoms. The molecule has 1 N–H and O–H groups in total. The van der Waals surface area contributed by atoms with Crippen molar-refractivity contribution >= 4 is 0 Å². The van der Waals surface area contributed by atoms with Crippen molar-refractivity contribution in [2.45, 2.75) is 40.7 Å². The predicted octanol–water partition coefficient (Wildman–Crippen LogP) is 3.23. The van der Waals surface area contributed by atoms with Crippen LogP contribution in [-0.4, -0.2) is 11.5 Å². The van der Waals surface area contributed by atoms with E-state index >= 15 is 0 Å². The van der Waals surface area contributed by atoms with E-state index in [2.05, 4.69) is 43.7 Å². The highest BCUT2D eigenvalue weighted by atomic mass is 14.9. The fourth-order valence-electron chi connectivity index (χ4n) is 2.12. The quantitative estimate of drug-likeness (QED) is 0.785. The molecule has 2 nitrogen and oxygen atoms in total. The molecule has 0 aliphatic carbocycles. The molecule has 0 aliphatic rings. The molecule has 0 amide bonds. The standard InChI is InChI=1S/C14H22N2/c1-9(2)8-15-12(5)14-10(3)7-11(4)16-13(14)6/h7,12,15H,1,8H2,2-6H3. The van der Waals surface area contributed by atoms with Crippen LogP contribution < -0.4 is 5.32 Å². The van der Waals surface area contributed by atoms with Crippen LogP contribution in [0.3, 0.4) is 0 Å². The van der Waals surface area contributed by atoms with E-state index in [4.69, 9.17) is 0 Å². The van der Waals surface area contributed by atoms with Gasteiger partial charge >= 0.3 is 0 Å². The third kappa shape index (κ3) is 3.17. The lowest BCUT2D eigenvalue weighted by molar-refractivity contribution is 0.598. The Balaban J connectivity index is 2.90. The first-order valence-corrected chi connectivity index (χ1v) is 5.74. The second-order valence-electron chi connectivity index (χ2n) is 4.64. The molecule has 16 heavy (non-hydrogen) atoms. The number of aromatic nitrogens is 1. The summed E-state index contributed by atoms with van der Waals surface area (Å²) in [5.41, 5.74) is 5.99. The van der Waals surface area contributed by atoms with E-state index in [0.29, 0.717) is 6.04 Å². The highest BCUT2D eigenvalue weighted by molar-refractivity contribution is 5.33. The number of hydrogen-bond acceptors (Lipinski definition) is 2. The van der Waals surface area contributed by atoms with E-state index in [1.807, 2.05) is 13.8 Å². The molecule has 88 valence electrons. The number of nitrogens with one attached hydrogen (secondary N) is 1. The first-order valence-electron chi connectivity index (χ1n) is 5.74. The van der Waals surface area contributed by atoms with Crippen molar-refractivity contribution < 1.29 is 0 Å². The summed E-state index contributed by atoms with van der Waals surface area (Å²) < 4.78 is 0. The van der Waals surface area contributed by atoms with Crippen LogP contribution in [0.5, 0.6) is 0 Å². The monoisotopic (exact) mass is 218 g/mol. The van der Waals surface area contributed by atoms with E-state index < -0.39 is 0 Å². The minimum Gasteiger partial charge on any atom is -0.306 e. The van der Waals surface area contributed by atoms with Gasteiger partial charge in [-0.2, -0.15) is 0 Å². The Kier molecular flexibility index (Phi) is 4.25. The Morgan fingerprint density at radius 2 is 2.06 bits per heavy atom. The average molecular weight is 218 g/mol. The Labute approximate surface area is 98.8 Å². The summed E-state index contributed by atoms with van der Waals surface area (Å²) >= 11 is 0. The Hall–Kier alpha value is -1.15. The number of rotatable bonds is 4. The summed E-state index contributed by atoms with van der Waals surface area (Å²) in [5, 5.41) is 3.46. The Bertz CT molecular complexity index is 371. The lowest BCUT2D eigenvalue weighted by Gasteiger charge is -2.19. The van der Waals surface area contributed by atoms with Crippen LogP contribution in [0.2, 0.25) is 0 Å². The van der Waals surface area contributed by atoms with E-state index in [9.17, 15) is 0 Å². The molecule has 0 bridgehead atoms. The van der Waals surface area contributed by atoms with Crippen LogP contribution in [0.4, 0.5) is 0 Å². The minimum absolute atomic E-state index is 0.324. The maximum Gasteiger partial charge on any atom is 0.0426 e. The van der Waals surface area contributed by atoms with Gasteiger partial charge in [-0.15, -0.1) is 0 Å². The van der Waals surface area contributed by atoms with Gasteiger partial charge in [0.05, 0.1) is 0 Å². The van der Waals surface area contributed by atoms with Gasteiger partial charge in [-0.25, -0.2) is 0 Å². The predicted molar refractivity (Wildman–Crippen MR) is 69.7 cm³/mol. The highest BCUT2D eigenvalue weighted by Crippen LogP contribution is 2.21. The van der Waals surface area contributed by atoms with Gasteiger partial charge in [-0.05, 0) is 51.8 Å². The molecule has 1 unspecified atom stereocenters. The van der Waals surface area contributed by atoms with Gasteiger partial charge in [0.25, 0.3) is 0 Å². The van der Waals surface area contributed by atoms with Gasteiger partial charge in [0, 0.05) is 24.0 Å². The van der Waals surface area contributed by atoms with Crippen molar-refractivity contribution in [1.29, 1.82) is 0 Å². The lowest BCUT2D eigenvalue weighted by Crippen LogP contribution is -2.22. The van der Waals surface area contributed by atoms with Crippen LogP contribution in [0.1, 0.15) is 42.4 Å². The molecule has 0 aromatic carbocycles. The molecule has 0 saturated carbocycles.